The molecule has 3 rings (SSSR count). The van der Waals surface area contributed by atoms with Gasteiger partial charge in [-0.3, -0.25) is 0 Å². The van der Waals surface area contributed by atoms with Crippen molar-refractivity contribution >= 4 is 0 Å². The fraction of sp³-hybridized carbons (Fsp3) is 0.214. The second-order valence-corrected chi connectivity index (χ2v) is 7.70. The van der Waals surface area contributed by atoms with Gasteiger partial charge in [0.05, 0.1) is 0 Å². The van der Waals surface area contributed by atoms with Crippen molar-refractivity contribution in [3.05, 3.63) is 120 Å². The van der Waals surface area contributed by atoms with Crippen molar-refractivity contribution < 1.29 is 13.2 Å². The van der Waals surface area contributed by atoms with Crippen LogP contribution in [0.2, 0.25) is 0 Å². The summed E-state index contributed by atoms with van der Waals surface area (Å²) in [4.78, 5) is 0. The fourth-order valence-electron chi connectivity index (χ4n) is 3.62. The van der Waals surface area contributed by atoms with Gasteiger partial charge in [0.2, 0.25) is 0 Å². The number of benzene rings is 3. The number of hydrogen-bond acceptors (Lipinski definition) is 0. The van der Waals surface area contributed by atoms with Gasteiger partial charge in [0.25, 0.3) is 0 Å². The maximum atomic E-state index is 14.7. The third-order valence-corrected chi connectivity index (χ3v) is 5.45. The van der Waals surface area contributed by atoms with Crippen molar-refractivity contribution in [1.82, 2.24) is 0 Å². The minimum atomic E-state index is -0.379. The van der Waals surface area contributed by atoms with E-state index in [9.17, 15) is 13.2 Å². The van der Waals surface area contributed by atoms with Crippen molar-refractivity contribution in [3.8, 4) is 11.1 Å². The van der Waals surface area contributed by atoms with Gasteiger partial charge in [0.1, 0.15) is 17.5 Å². The molecule has 0 radical (unpaired) electrons. The topological polar surface area (TPSA) is 0 Å². The van der Waals surface area contributed by atoms with Gasteiger partial charge in [-0.1, -0.05) is 48.6 Å². The summed E-state index contributed by atoms with van der Waals surface area (Å²) in [5.41, 5.74) is 3.79. The molecule has 3 aromatic carbocycles. The van der Waals surface area contributed by atoms with E-state index in [1.165, 1.54) is 18.2 Å². The molecule has 0 aliphatic carbocycles. The van der Waals surface area contributed by atoms with Crippen molar-refractivity contribution in [2.75, 3.05) is 0 Å². The van der Waals surface area contributed by atoms with E-state index in [0.29, 0.717) is 41.5 Å². The lowest BCUT2D eigenvalue weighted by Gasteiger charge is -2.10. The first-order chi connectivity index (χ1) is 15.0. The zero-order valence-electron chi connectivity index (χ0n) is 17.6. The summed E-state index contributed by atoms with van der Waals surface area (Å²) in [6.07, 6.45) is 7.40. The summed E-state index contributed by atoms with van der Waals surface area (Å²) in [5.74, 6) is -0.973. The fourth-order valence-corrected chi connectivity index (χ4v) is 3.62. The van der Waals surface area contributed by atoms with Crippen LogP contribution in [0.5, 0.6) is 0 Å². The highest BCUT2D eigenvalue weighted by atomic mass is 19.1. The lowest BCUT2D eigenvalue weighted by Crippen LogP contribution is -1.98. The molecule has 0 aromatic heterocycles. The molecule has 160 valence electrons. The van der Waals surface area contributed by atoms with E-state index in [1.54, 1.807) is 36.4 Å². The Morgan fingerprint density at radius 3 is 1.84 bits per heavy atom. The molecule has 0 amide bonds. The zero-order chi connectivity index (χ0) is 22.2. The lowest BCUT2D eigenvalue weighted by molar-refractivity contribution is 0.602. The van der Waals surface area contributed by atoms with Gasteiger partial charge < -0.3 is 0 Å². The van der Waals surface area contributed by atoms with Gasteiger partial charge in [-0.25, -0.2) is 13.2 Å². The summed E-state index contributed by atoms with van der Waals surface area (Å²) in [6.45, 7) is 7.33. The summed E-state index contributed by atoms with van der Waals surface area (Å²) in [7, 11) is 0. The third kappa shape index (κ3) is 5.97. The van der Waals surface area contributed by atoms with Crippen LogP contribution in [0.3, 0.4) is 0 Å². The van der Waals surface area contributed by atoms with Gasteiger partial charge in [0, 0.05) is 5.56 Å². The summed E-state index contributed by atoms with van der Waals surface area (Å²) >= 11 is 0. The van der Waals surface area contributed by atoms with Crippen molar-refractivity contribution in [2.45, 2.75) is 38.5 Å². The van der Waals surface area contributed by atoms with Crippen LogP contribution in [0.1, 0.15) is 35.1 Å². The average molecular weight is 421 g/mol. The molecule has 0 saturated carbocycles. The third-order valence-electron chi connectivity index (χ3n) is 5.45. The SMILES string of the molecule is C=CCCc1ccc(-c2ccc(CCc3ccc(CCC=C)c(F)c3)c(F)c2)c(F)c1. The minimum Gasteiger partial charge on any atom is -0.207 e. The molecule has 0 unspecified atom stereocenters. The Kier molecular flexibility index (Phi) is 7.88. The van der Waals surface area contributed by atoms with E-state index in [1.807, 2.05) is 12.1 Å². The van der Waals surface area contributed by atoms with E-state index in [2.05, 4.69) is 13.2 Å². The Balaban J connectivity index is 1.69. The normalized spacial score (nSPS) is 10.8. The second kappa shape index (κ2) is 10.8. The van der Waals surface area contributed by atoms with Crippen LogP contribution in [0.15, 0.2) is 79.9 Å². The zero-order valence-corrected chi connectivity index (χ0v) is 17.6. The quantitative estimate of drug-likeness (QED) is 0.294. The molecule has 31 heavy (non-hydrogen) atoms. The predicted octanol–water partition coefficient (Wildman–Crippen LogP) is 7.79. The standard InChI is InChI=1S/C28H27F3/c1-3-5-7-20-11-16-25(28(31)18-20)24-15-14-23(27(30)19-24)13-10-21-9-12-22(8-6-4-2)26(29)17-21/h3-4,9,11-12,14-19H,1-2,5-8,10,13H2. The first-order valence-corrected chi connectivity index (χ1v) is 10.6. The molecule has 0 saturated heterocycles. The first kappa shape index (κ1) is 22.6. The molecule has 0 heterocycles. The van der Waals surface area contributed by atoms with E-state index in [0.717, 1.165) is 30.4 Å². The van der Waals surface area contributed by atoms with Crippen LogP contribution < -0.4 is 0 Å². The summed E-state index contributed by atoms with van der Waals surface area (Å²) in [5, 5.41) is 0. The monoisotopic (exact) mass is 420 g/mol. The first-order valence-electron chi connectivity index (χ1n) is 10.6. The molecule has 0 aliphatic rings. The van der Waals surface area contributed by atoms with Gasteiger partial charge in [-0.2, -0.15) is 0 Å². The van der Waals surface area contributed by atoms with Crippen LogP contribution in [0.4, 0.5) is 13.2 Å². The van der Waals surface area contributed by atoms with Crippen molar-refractivity contribution in [1.29, 1.82) is 0 Å². The molecule has 0 spiro atoms. The van der Waals surface area contributed by atoms with Gasteiger partial charge >= 0.3 is 0 Å². The van der Waals surface area contributed by atoms with Crippen LogP contribution in [0.25, 0.3) is 11.1 Å². The molecule has 0 atom stereocenters. The smallest absolute Gasteiger partial charge is 0.131 e. The molecule has 0 fully saturated rings. The Bertz CT molecular complexity index is 1070. The maximum Gasteiger partial charge on any atom is 0.131 e. The highest BCUT2D eigenvalue weighted by Crippen LogP contribution is 2.26. The number of aryl methyl sites for hydroxylation is 4. The van der Waals surface area contributed by atoms with Crippen LogP contribution in [-0.2, 0) is 25.7 Å². The van der Waals surface area contributed by atoms with Gasteiger partial charge in [-0.05, 0) is 84.5 Å². The van der Waals surface area contributed by atoms with E-state index >= 15 is 0 Å². The van der Waals surface area contributed by atoms with Crippen LogP contribution in [0, 0.1) is 17.5 Å². The Morgan fingerprint density at radius 1 is 0.581 bits per heavy atom. The molecular formula is C28H27F3. The lowest BCUT2D eigenvalue weighted by atomic mass is 9.97. The second-order valence-electron chi connectivity index (χ2n) is 7.70. The number of hydrogen-bond donors (Lipinski definition) is 0. The molecule has 0 N–H and O–H groups in total. The Hall–Kier alpha value is -3.07. The van der Waals surface area contributed by atoms with Crippen LogP contribution in [-0.4, -0.2) is 0 Å². The predicted molar refractivity (Wildman–Crippen MR) is 123 cm³/mol. The Morgan fingerprint density at radius 2 is 1.16 bits per heavy atom. The van der Waals surface area contributed by atoms with Crippen molar-refractivity contribution in [3.63, 3.8) is 0 Å². The van der Waals surface area contributed by atoms with E-state index in [-0.39, 0.29) is 17.5 Å². The molecule has 0 nitrogen and oxygen atoms in total. The summed E-state index contributed by atoms with van der Waals surface area (Å²) in [6, 6.07) is 15.0. The molecule has 0 aliphatic heterocycles. The maximum absolute atomic E-state index is 14.7. The number of allylic oxidation sites excluding steroid dienone is 2. The van der Waals surface area contributed by atoms with Crippen LogP contribution >= 0.6 is 0 Å². The van der Waals surface area contributed by atoms with E-state index < -0.39 is 0 Å². The highest BCUT2D eigenvalue weighted by molar-refractivity contribution is 5.65. The molecule has 0 bridgehead atoms. The number of halogens is 3. The average Bonchev–Trinajstić information content (AvgIpc) is 2.76. The van der Waals surface area contributed by atoms with Gasteiger partial charge in [-0.15, -0.1) is 13.2 Å². The molecular weight excluding hydrogens is 393 g/mol. The van der Waals surface area contributed by atoms with E-state index in [4.69, 9.17) is 0 Å². The summed E-state index contributed by atoms with van der Waals surface area (Å²) < 4.78 is 43.4. The number of rotatable bonds is 10. The molecule has 3 heteroatoms. The van der Waals surface area contributed by atoms with Crippen molar-refractivity contribution in [2.24, 2.45) is 0 Å². The molecule has 3 aromatic rings. The minimum absolute atomic E-state index is 0.234. The highest BCUT2D eigenvalue weighted by Gasteiger charge is 2.11. The van der Waals surface area contributed by atoms with Gasteiger partial charge in [0.15, 0.2) is 0 Å². The Labute approximate surface area is 182 Å². The largest absolute Gasteiger partial charge is 0.207 e.